The van der Waals surface area contributed by atoms with Crippen molar-refractivity contribution in [2.75, 3.05) is 20.1 Å². The van der Waals surface area contributed by atoms with E-state index < -0.39 is 24.1 Å². The Morgan fingerprint density at radius 1 is 1.62 bits per heavy atom. The van der Waals surface area contributed by atoms with Gasteiger partial charge < -0.3 is 20.0 Å². The largest absolute Gasteiger partial charge is 0.480 e. The second-order valence-electron chi connectivity index (χ2n) is 3.74. The van der Waals surface area contributed by atoms with Gasteiger partial charge in [-0.25, -0.2) is 9.59 Å². The molecule has 0 spiro atoms. The molecule has 1 fully saturated rings. The molecular formula is C10H14N2O4. The third-order valence-corrected chi connectivity index (χ3v) is 2.46. The minimum atomic E-state index is -1.11. The molecule has 1 rings (SSSR count). The third-order valence-electron chi connectivity index (χ3n) is 2.46. The fourth-order valence-corrected chi connectivity index (χ4v) is 1.68. The van der Waals surface area contributed by atoms with E-state index in [1.807, 2.05) is 0 Å². The van der Waals surface area contributed by atoms with Crippen LogP contribution in [0.2, 0.25) is 0 Å². The predicted octanol–water partition coefficient (Wildman–Crippen LogP) is -0.809. The average molecular weight is 226 g/mol. The van der Waals surface area contributed by atoms with Crippen LogP contribution < -0.4 is 0 Å². The molecule has 0 aliphatic carbocycles. The molecular weight excluding hydrogens is 212 g/mol. The Labute approximate surface area is 93.4 Å². The van der Waals surface area contributed by atoms with Crippen LogP contribution in [0.3, 0.4) is 0 Å². The zero-order chi connectivity index (χ0) is 12.3. The lowest BCUT2D eigenvalue weighted by atomic mass is 10.2. The van der Waals surface area contributed by atoms with Gasteiger partial charge in [-0.05, 0) is 0 Å². The van der Waals surface area contributed by atoms with E-state index >= 15 is 0 Å². The summed E-state index contributed by atoms with van der Waals surface area (Å²) in [4.78, 5) is 25.0. The van der Waals surface area contributed by atoms with Gasteiger partial charge in [0.25, 0.3) is 0 Å². The monoisotopic (exact) mass is 226 g/mol. The lowest BCUT2D eigenvalue weighted by molar-refractivity contribution is -0.141. The summed E-state index contributed by atoms with van der Waals surface area (Å²) < 4.78 is 0. The molecule has 0 aromatic heterocycles. The van der Waals surface area contributed by atoms with E-state index in [2.05, 4.69) is 5.92 Å². The number of amides is 2. The quantitative estimate of drug-likeness (QED) is 0.603. The zero-order valence-electron chi connectivity index (χ0n) is 8.96. The number of hydrogen-bond acceptors (Lipinski definition) is 3. The van der Waals surface area contributed by atoms with Crippen molar-refractivity contribution in [1.29, 1.82) is 0 Å². The van der Waals surface area contributed by atoms with Gasteiger partial charge in [-0.3, -0.25) is 0 Å². The lowest BCUT2D eigenvalue weighted by Gasteiger charge is -2.26. The Morgan fingerprint density at radius 2 is 2.25 bits per heavy atom. The fraction of sp³-hybridized carbons (Fsp3) is 0.600. The SMILES string of the molecule is C#CCN(C)C(=O)N1C[C@@H](O)C[C@H]1C(=O)O. The first-order valence-corrected chi connectivity index (χ1v) is 4.83. The van der Waals surface area contributed by atoms with Crippen molar-refractivity contribution in [2.24, 2.45) is 0 Å². The lowest BCUT2D eigenvalue weighted by Crippen LogP contribution is -2.46. The van der Waals surface area contributed by atoms with Gasteiger partial charge in [0, 0.05) is 20.0 Å². The maximum atomic E-state index is 11.8. The molecule has 0 radical (unpaired) electrons. The molecule has 88 valence electrons. The highest BCUT2D eigenvalue weighted by Gasteiger charge is 2.39. The molecule has 1 aliphatic heterocycles. The second kappa shape index (κ2) is 4.86. The number of hydrogen-bond donors (Lipinski definition) is 2. The summed E-state index contributed by atoms with van der Waals surface area (Å²) in [6, 6.07) is -1.44. The number of aliphatic hydroxyl groups is 1. The van der Waals surface area contributed by atoms with Gasteiger partial charge in [0.05, 0.1) is 12.6 Å². The number of carbonyl (C=O) groups excluding carboxylic acids is 1. The number of aliphatic carboxylic acids is 1. The Balaban J connectivity index is 2.75. The summed E-state index contributed by atoms with van der Waals surface area (Å²) >= 11 is 0. The van der Waals surface area contributed by atoms with Crippen molar-refractivity contribution in [1.82, 2.24) is 9.80 Å². The summed E-state index contributed by atoms with van der Waals surface area (Å²) in [6.45, 7) is 0.141. The third kappa shape index (κ3) is 2.44. The number of likely N-dealkylation sites (tertiary alicyclic amines) is 1. The molecule has 1 aliphatic rings. The van der Waals surface area contributed by atoms with Gasteiger partial charge in [0.1, 0.15) is 6.04 Å². The van der Waals surface area contributed by atoms with Crippen molar-refractivity contribution in [2.45, 2.75) is 18.6 Å². The van der Waals surface area contributed by atoms with Gasteiger partial charge >= 0.3 is 12.0 Å². The summed E-state index contributed by atoms with van der Waals surface area (Å²) in [6.07, 6.45) is 4.33. The predicted molar refractivity (Wildman–Crippen MR) is 55.6 cm³/mol. The molecule has 16 heavy (non-hydrogen) atoms. The number of carboxylic acids is 1. The van der Waals surface area contributed by atoms with Gasteiger partial charge in [0.2, 0.25) is 0 Å². The number of terminal acetylenes is 1. The van der Waals surface area contributed by atoms with Crippen LogP contribution in [-0.4, -0.2) is 64.3 Å². The smallest absolute Gasteiger partial charge is 0.326 e. The summed E-state index contributed by atoms with van der Waals surface area (Å²) in [5, 5.41) is 18.3. The van der Waals surface area contributed by atoms with Crippen molar-refractivity contribution in [3.63, 3.8) is 0 Å². The van der Waals surface area contributed by atoms with Gasteiger partial charge in [-0.15, -0.1) is 6.42 Å². The van der Waals surface area contributed by atoms with Crippen molar-refractivity contribution < 1.29 is 19.8 Å². The highest BCUT2D eigenvalue weighted by atomic mass is 16.4. The molecule has 1 heterocycles. The number of nitrogens with zero attached hydrogens (tertiary/aromatic N) is 2. The Kier molecular flexibility index (Phi) is 3.74. The van der Waals surface area contributed by atoms with Crippen LogP contribution >= 0.6 is 0 Å². The number of aliphatic hydroxyl groups excluding tert-OH is 1. The van der Waals surface area contributed by atoms with E-state index in [-0.39, 0.29) is 19.5 Å². The number of β-amino-alcohol motifs (C(OH)–C–C–N with tert-alkyl or cyclic N) is 1. The molecule has 2 amide bonds. The molecule has 6 heteroatoms. The summed E-state index contributed by atoms with van der Waals surface area (Å²) in [5.41, 5.74) is 0. The van der Waals surface area contributed by atoms with E-state index in [9.17, 15) is 14.7 Å². The van der Waals surface area contributed by atoms with Crippen LogP contribution in [0.15, 0.2) is 0 Å². The van der Waals surface area contributed by atoms with Gasteiger partial charge in [-0.2, -0.15) is 0 Å². The first kappa shape index (κ1) is 12.3. The number of rotatable bonds is 2. The topological polar surface area (TPSA) is 81.1 Å². The first-order valence-electron chi connectivity index (χ1n) is 4.83. The molecule has 0 saturated carbocycles. The van der Waals surface area contributed by atoms with Crippen molar-refractivity contribution >= 4 is 12.0 Å². The van der Waals surface area contributed by atoms with Crippen LogP contribution in [0.5, 0.6) is 0 Å². The van der Waals surface area contributed by atoms with Crippen molar-refractivity contribution in [3.05, 3.63) is 0 Å². The van der Waals surface area contributed by atoms with E-state index in [0.717, 1.165) is 4.90 Å². The first-order chi connectivity index (χ1) is 7.47. The van der Waals surface area contributed by atoms with Crippen LogP contribution in [0.4, 0.5) is 4.79 Å². The summed E-state index contributed by atoms with van der Waals surface area (Å²) in [5.74, 6) is 1.18. The molecule has 0 unspecified atom stereocenters. The highest BCUT2D eigenvalue weighted by Crippen LogP contribution is 2.19. The molecule has 2 N–H and O–H groups in total. The molecule has 0 bridgehead atoms. The van der Waals surface area contributed by atoms with Crippen LogP contribution in [0.1, 0.15) is 6.42 Å². The van der Waals surface area contributed by atoms with Gasteiger partial charge in [-0.1, -0.05) is 5.92 Å². The van der Waals surface area contributed by atoms with Crippen LogP contribution in [-0.2, 0) is 4.79 Å². The Bertz CT molecular complexity index is 336. The summed E-state index contributed by atoms with van der Waals surface area (Å²) in [7, 11) is 1.49. The minimum Gasteiger partial charge on any atom is -0.480 e. The van der Waals surface area contributed by atoms with E-state index in [0.29, 0.717) is 0 Å². The average Bonchev–Trinajstić information content (AvgIpc) is 2.59. The molecule has 0 aromatic rings. The van der Waals surface area contributed by atoms with E-state index in [1.165, 1.54) is 11.9 Å². The maximum absolute atomic E-state index is 11.8. The Hall–Kier alpha value is -1.74. The zero-order valence-corrected chi connectivity index (χ0v) is 8.96. The van der Waals surface area contributed by atoms with Crippen molar-refractivity contribution in [3.8, 4) is 12.3 Å². The highest BCUT2D eigenvalue weighted by molar-refractivity contribution is 5.83. The molecule has 0 aromatic carbocycles. The number of carboxylic acid groups (broad SMARTS) is 1. The van der Waals surface area contributed by atoms with Gasteiger partial charge in [0.15, 0.2) is 0 Å². The second-order valence-corrected chi connectivity index (χ2v) is 3.74. The molecule has 2 atom stereocenters. The number of urea groups is 1. The van der Waals surface area contributed by atoms with Crippen LogP contribution in [0, 0.1) is 12.3 Å². The standard InChI is InChI=1S/C10H14N2O4/c1-3-4-11(2)10(16)12-6-7(13)5-8(12)9(14)15/h1,7-8,13H,4-6H2,2H3,(H,14,15)/t7-,8-/m0/s1. The van der Waals surface area contributed by atoms with E-state index in [4.69, 9.17) is 11.5 Å². The van der Waals surface area contributed by atoms with E-state index in [1.54, 1.807) is 0 Å². The fourth-order valence-electron chi connectivity index (χ4n) is 1.68. The Morgan fingerprint density at radius 3 is 2.75 bits per heavy atom. The minimum absolute atomic E-state index is 0.0325. The molecule has 6 nitrogen and oxygen atoms in total. The maximum Gasteiger partial charge on any atom is 0.326 e. The molecule has 1 saturated heterocycles. The normalized spacial score (nSPS) is 23.9. The van der Waals surface area contributed by atoms with Crippen LogP contribution in [0.25, 0.3) is 0 Å². The number of carbonyl (C=O) groups is 2.